The Hall–Kier alpha value is -2.02. The van der Waals surface area contributed by atoms with Crippen molar-refractivity contribution in [1.29, 1.82) is 0 Å². The summed E-state index contributed by atoms with van der Waals surface area (Å²) in [5.41, 5.74) is -1.71. The number of benzene rings is 1. The molecule has 0 saturated carbocycles. The van der Waals surface area contributed by atoms with Crippen LogP contribution in [-0.2, 0) is 12.1 Å². The zero-order chi connectivity index (χ0) is 14.9. The van der Waals surface area contributed by atoms with E-state index >= 15 is 0 Å². The van der Waals surface area contributed by atoms with E-state index in [1.165, 1.54) is 12.1 Å². The van der Waals surface area contributed by atoms with Gasteiger partial charge in [-0.3, -0.25) is 4.79 Å². The van der Waals surface area contributed by atoms with E-state index in [1.807, 2.05) is 0 Å². The van der Waals surface area contributed by atoms with E-state index in [0.717, 1.165) is 22.9 Å². The summed E-state index contributed by atoms with van der Waals surface area (Å²) in [4.78, 5) is 11.7. The van der Waals surface area contributed by atoms with Crippen molar-refractivity contribution in [2.24, 2.45) is 0 Å². The van der Waals surface area contributed by atoms with Crippen LogP contribution in [0.3, 0.4) is 0 Å². The van der Waals surface area contributed by atoms with Crippen LogP contribution in [0.5, 0.6) is 5.75 Å². The maximum absolute atomic E-state index is 12.6. The highest BCUT2D eigenvalue weighted by Gasteiger charge is 2.30. The first-order valence-electron chi connectivity index (χ1n) is 5.39. The summed E-state index contributed by atoms with van der Waals surface area (Å²) < 4.78 is 38.6. The van der Waals surface area contributed by atoms with E-state index in [4.69, 9.17) is 11.6 Å². The summed E-state index contributed by atoms with van der Waals surface area (Å²) in [5, 5.41) is 13.1. The van der Waals surface area contributed by atoms with Gasteiger partial charge in [-0.15, -0.1) is 11.6 Å². The molecule has 1 aromatic heterocycles. The summed E-state index contributed by atoms with van der Waals surface area (Å²) in [5.74, 6) is -0.571. The van der Waals surface area contributed by atoms with Crippen molar-refractivity contribution < 1.29 is 18.3 Å². The van der Waals surface area contributed by atoms with Gasteiger partial charge >= 0.3 is 6.18 Å². The van der Waals surface area contributed by atoms with Crippen LogP contribution in [0, 0.1) is 0 Å². The van der Waals surface area contributed by atoms with Crippen LogP contribution in [0.2, 0.25) is 0 Å². The highest BCUT2D eigenvalue weighted by Crippen LogP contribution is 2.30. The van der Waals surface area contributed by atoms with Gasteiger partial charge < -0.3 is 5.11 Å². The third kappa shape index (κ3) is 2.77. The van der Waals surface area contributed by atoms with Gasteiger partial charge in [-0.05, 0) is 18.2 Å². The molecule has 0 saturated heterocycles. The van der Waals surface area contributed by atoms with Gasteiger partial charge in [0.05, 0.1) is 17.1 Å². The van der Waals surface area contributed by atoms with Gasteiger partial charge in [0.25, 0.3) is 5.56 Å². The number of rotatable bonds is 2. The Balaban J connectivity index is 2.60. The lowest BCUT2D eigenvalue weighted by molar-refractivity contribution is -0.137. The largest absolute Gasteiger partial charge is 0.506 e. The molecule has 0 aliphatic rings. The topological polar surface area (TPSA) is 55.1 Å². The molecular formula is C12H8ClF3N2O2. The van der Waals surface area contributed by atoms with Crippen LogP contribution >= 0.6 is 11.6 Å². The van der Waals surface area contributed by atoms with E-state index < -0.39 is 23.0 Å². The number of halogens is 4. The molecule has 0 amide bonds. The van der Waals surface area contributed by atoms with Crippen LogP contribution in [0.1, 0.15) is 11.3 Å². The molecule has 20 heavy (non-hydrogen) atoms. The van der Waals surface area contributed by atoms with Crippen LogP contribution < -0.4 is 5.56 Å². The van der Waals surface area contributed by atoms with Crippen molar-refractivity contribution in [3.63, 3.8) is 0 Å². The molecule has 0 spiro atoms. The maximum atomic E-state index is 12.6. The fraction of sp³-hybridized carbons (Fsp3) is 0.167. The molecule has 8 heteroatoms. The van der Waals surface area contributed by atoms with Crippen molar-refractivity contribution in [3.05, 3.63) is 51.9 Å². The van der Waals surface area contributed by atoms with Gasteiger partial charge in [-0.25, -0.2) is 0 Å². The molecule has 0 fully saturated rings. The maximum Gasteiger partial charge on any atom is 0.416 e. The van der Waals surface area contributed by atoms with Crippen molar-refractivity contribution in [3.8, 4) is 11.4 Å². The Morgan fingerprint density at radius 1 is 1.30 bits per heavy atom. The molecule has 0 atom stereocenters. The number of nitrogens with zero attached hydrogens (tertiary/aromatic N) is 2. The first kappa shape index (κ1) is 14.4. The molecule has 0 unspecified atom stereocenters. The molecule has 2 aromatic rings. The molecule has 1 aromatic carbocycles. The average molecular weight is 305 g/mol. The van der Waals surface area contributed by atoms with Crippen molar-refractivity contribution in [1.82, 2.24) is 9.78 Å². The predicted molar refractivity (Wildman–Crippen MR) is 66.1 cm³/mol. The first-order chi connectivity index (χ1) is 9.32. The Morgan fingerprint density at radius 3 is 2.60 bits per heavy atom. The van der Waals surface area contributed by atoms with E-state index in [1.54, 1.807) is 0 Å². The van der Waals surface area contributed by atoms with Gasteiger partial charge in [0.2, 0.25) is 0 Å². The summed E-state index contributed by atoms with van der Waals surface area (Å²) in [6.07, 6.45) is -4.52. The van der Waals surface area contributed by atoms with Crippen molar-refractivity contribution in [2.45, 2.75) is 12.1 Å². The number of hydrogen-bond donors (Lipinski definition) is 1. The summed E-state index contributed by atoms with van der Waals surface area (Å²) in [6.45, 7) is 0. The monoisotopic (exact) mass is 304 g/mol. The van der Waals surface area contributed by atoms with E-state index in [9.17, 15) is 23.1 Å². The lowest BCUT2D eigenvalue weighted by Gasteiger charge is -2.10. The molecule has 106 valence electrons. The highest BCUT2D eigenvalue weighted by atomic mass is 35.5. The highest BCUT2D eigenvalue weighted by molar-refractivity contribution is 6.17. The minimum Gasteiger partial charge on any atom is -0.506 e. The first-order valence-corrected chi connectivity index (χ1v) is 5.92. The Kier molecular flexibility index (Phi) is 3.71. The number of hydrogen-bond acceptors (Lipinski definition) is 3. The standard InChI is InChI=1S/C12H8ClF3N2O2/c13-6-9-10(19)5-11(20)18(17-9)8-3-1-2-7(4-8)12(14,15)16/h1-5,19H,6H2. The van der Waals surface area contributed by atoms with Crippen LogP contribution in [-0.4, -0.2) is 14.9 Å². The smallest absolute Gasteiger partial charge is 0.416 e. The predicted octanol–water partition coefficient (Wildman–Crippen LogP) is 2.70. The van der Waals surface area contributed by atoms with Crippen molar-refractivity contribution >= 4 is 11.6 Å². The van der Waals surface area contributed by atoms with Gasteiger partial charge in [0, 0.05) is 6.07 Å². The minimum atomic E-state index is -4.52. The second-order valence-corrected chi connectivity index (χ2v) is 4.18. The third-order valence-corrected chi connectivity index (χ3v) is 2.78. The zero-order valence-corrected chi connectivity index (χ0v) is 10.6. The van der Waals surface area contributed by atoms with E-state index in [-0.39, 0.29) is 17.3 Å². The van der Waals surface area contributed by atoms with Crippen molar-refractivity contribution in [2.75, 3.05) is 0 Å². The molecule has 2 rings (SSSR count). The molecule has 0 aliphatic heterocycles. The normalized spacial score (nSPS) is 11.6. The minimum absolute atomic E-state index is 0.00341. The lowest BCUT2D eigenvalue weighted by Crippen LogP contribution is -2.21. The fourth-order valence-electron chi connectivity index (χ4n) is 1.58. The van der Waals surface area contributed by atoms with Gasteiger partial charge in [0.15, 0.2) is 0 Å². The summed E-state index contributed by atoms with van der Waals surface area (Å²) in [6, 6.07) is 5.00. The Bertz CT molecular complexity index is 698. The van der Waals surface area contributed by atoms with E-state index in [2.05, 4.69) is 5.10 Å². The summed E-state index contributed by atoms with van der Waals surface area (Å²) >= 11 is 5.53. The SMILES string of the molecule is O=c1cc(O)c(CCl)nn1-c1cccc(C(F)(F)F)c1. The molecule has 1 heterocycles. The molecular weight excluding hydrogens is 297 g/mol. The molecule has 0 radical (unpaired) electrons. The second-order valence-electron chi connectivity index (χ2n) is 3.91. The van der Waals surface area contributed by atoms with Gasteiger partial charge in [-0.2, -0.15) is 23.0 Å². The third-order valence-electron chi connectivity index (χ3n) is 2.53. The number of aromatic nitrogens is 2. The molecule has 0 aliphatic carbocycles. The fourth-order valence-corrected chi connectivity index (χ4v) is 1.77. The van der Waals surface area contributed by atoms with Crippen LogP contribution in [0.15, 0.2) is 35.1 Å². The average Bonchev–Trinajstić information content (AvgIpc) is 2.38. The number of aromatic hydroxyl groups is 1. The second kappa shape index (κ2) is 5.16. The lowest BCUT2D eigenvalue weighted by atomic mass is 10.2. The number of alkyl halides is 4. The summed E-state index contributed by atoms with van der Waals surface area (Å²) in [7, 11) is 0. The molecule has 1 N–H and O–H groups in total. The molecule has 4 nitrogen and oxygen atoms in total. The van der Waals surface area contributed by atoms with Gasteiger partial charge in [0.1, 0.15) is 11.4 Å². The van der Waals surface area contributed by atoms with E-state index in [0.29, 0.717) is 0 Å². The Morgan fingerprint density at radius 2 is 2.00 bits per heavy atom. The van der Waals surface area contributed by atoms with Crippen LogP contribution in [0.25, 0.3) is 5.69 Å². The quantitative estimate of drug-likeness (QED) is 0.868. The zero-order valence-electron chi connectivity index (χ0n) is 9.86. The molecule has 0 bridgehead atoms. The Labute approximate surface area is 116 Å². The van der Waals surface area contributed by atoms with Crippen LogP contribution in [0.4, 0.5) is 13.2 Å². The van der Waals surface area contributed by atoms with Gasteiger partial charge in [-0.1, -0.05) is 6.07 Å².